The molecule has 2 aromatic carbocycles. The highest BCUT2D eigenvalue weighted by Gasteiger charge is 2.19. The number of rotatable bonds is 7. The Morgan fingerprint density at radius 2 is 1.94 bits per heavy atom. The number of carbonyl (C=O) groups excluding carboxylic acids is 1. The second-order valence-electron chi connectivity index (χ2n) is 6.94. The van der Waals surface area contributed by atoms with Gasteiger partial charge in [-0.3, -0.25) is 10.1 Å². The summed E-state index contributed by atoms with van der Waals surface area (Å²) in [6.45, 7) is 0.0402. The number of thiocarbonyl (C=S) groups is 1. The minimum absolute atomic E-state index is 0.0402. The van der Waals surface area contributed by atoms with E-state index in [1.54, 1.807) is 49.6 Å². The molecular formula is C22H18ClN3O5S3. The molecule has 0 atom stereocenters. The lowest BCUT2D eigenvalue weighted by molar-refractivity contribution is 0.0982. The van der Waals surface area contributed by atoms with E-state index >= 15 is 0 Å². The number of methoxy groups -OCH3 is 1. The molecule has 4 aromatic rings. The number of fused-ring (bicyclic) bond motifs is 1. The van der Waals surface area contributed by atoms with Crippen LogP contribution in [-0.4, -0.2) is 26.5 Å². The first-order valence-electron chi connectivity index (χ1n) is 9.77. The fourth-order valence-electron chi connectivity index (χ4n) is 3.02. The van der Waals surface area contributed by atoms with Crippen molar-refractivity contribution in [3.8, 4) is 5.75 Å². The Morgan fingerprint density at radius 1 is 1.18 bits per heavy atom. The summed E-state index contributed by atoms with van der Waals surface area (Å²) in [4.78, 5) is 13.1. The van der Waals surface area contributed by atoms with Crippen LogP contribution in [0.5, 0.6) is 5.75 Å². The molecule has 2 aromatic heterocycles. The first-order valence-corrected chi connectivity index (χ1v) is 12.9. The Kier molecular flexibility index (Phi) is 7.19. The van der Waals surface area contributed by atoms with Gasteiger partial charge in [-0.15, -0.1) is 11.3 Å². The van der Waals surface area contributed by atoms with Gasteiger partial charge in [0.2, 0.25) is 10.0 Å². The number of hydrogen-bond donors (Lipinski definition) is 3. The van der Waals surface area contributed by atoms with E-state index in [-0.39, 0.29) is 16.6 Å². The first-order chi connectivity index (χ1) is 16.3. The second-order valence-corrected chi connectivity index (χ2v) is 10.5. The van der Waals surface area contributed by atoms with Crippen LogP contribution in [0.15, 0.2) is 70.2 Å². The lowest BCUT2D eigenvalue weighted by Gasteiger charge is -2.10. The van der Waals surface area contributed by atoms with Crippen molar-refractivity contribution in [1.82, 2.24) is 10.0 Å². The fraction of sp³-hybridized carbons (Fsp3) is 0.0909. The zero-order chi connectivity index (χ0) is 24.3. The number of sulfonamides is 1. The third kappa shape index (κ3) is 5.40. The van der Waals surface area contributed by atoms with Gasteiger partial charge in [-0.1, -0.05) is 11.6 Å². The number of anilines is 1. The number of nitrogens with one attached hydrogen (secondary N) is 3. The second kappa shape index (κ2) is 10.1. The van der Waals surface area contributed by atoms with Gasteiger partial charge in [0.15, 0.2) is 5.11 Å². The zero-order valence-corrected chi connectivity index (χ0v) is 20.8. The third-order valence-corrected chi connectivity index (χ3v) is 7.99. The van der Waals surface area contributed by atoms with Crippen molar-refractivity contribution in [2.45, 2.75) is 11.4 Å². The van der Waals surface area contributed by atoms with E-state index in [0.29, 0.717) is 27.1 Å². The monoisotopic (exact) mass is 535 g/mol. The van der Waals surface area contributed by atoms with E-state index in [9.17, 15) is 13.2 Å². The summed E-state index contributed by atoms with van der Waals surface area (Å²) in [6, 6.07) is 14.6. The average molecular weight is 536 g/mol. The van der Waals surface area contributed by atoms with Crippen molar-refractivity contribution in [3.63, 3.8) is 0 Å². The van der Waals surface area contributed by atoms with Crippen molar-refractivity contribution in [3.05, 3.63) is 76.5 Å². The smallest absolute Gasteiger partial charge is 0.269 e. The standard InChI is InChI=1S/C22H18ClN3O5S3/c1-30-14-6-9-17-18(11-14)33-20(19(17)23)21(27)26-22(32)25-13-4-7-16(8-5-13)34(28,29)24-12-15-3-2-10-31-15/h2-11,24H,12H2,1H3,(H2,25,26,27,32). The van der Waals surface area contributed by atoms with Crippen LogP contribution in [0.2, 0.25) is 5.02 Å². The molecule has 8 nitrogen and oxygen atoms in total. The number of furan rings is 1. The van der Waals surface area contributed by atoms with Gasteiger partial charge in [0.05, 0.1) is 29.8 Å². The van der Waals surface area contributed by atoms with Crippen LogP contribution in [-0.2, 0) is 16.6 Å². The normalized spacial score (nSPS) is 11.4. The summed E-state index contributed by atoms with van der Waals surface area (Å²) in [5.74, 6) is 0.709. The average Bonchev–Trinajstić information content (AvgIpc) is 3.45. The van der Waals surface area contributed by atoms with Crippen LogP contribution in [0, 0.1) is 0 Å². The molecule has 3 N–H and O–H groups in total. The molecule has 0 bridgehead atoms. The third-order valence-electron chi connectivity index (χ3n) is 4.71. The van der Waals surface area contributed by atoms with Crippen LogP contribution in [0.4, 0.5) is 5.69 Å². The largest absolute Gasteiger partial charge is 0.497 e. The van der Waals surface area contributed by atoms with Crippen molar-refractivity contribution < 1.29 is 22.4 Å². The topological polar surface area (TPSA) is 110 Å². The maximum Gasteiger partial charge on any atom is 0.269 e. The minimum atomic E-state index is -3.72. The lowest BCUT2D eigenvalue weighted by atomic mass is 10.2. The maximum absolute atomic E-state index is 12.7. The van der Waals surface area contributed by atoms with E-state index in [1.807, 2.05) is 0 Å². The number of thiophene rings is 1. The predicted molar refractivity (Wildman–Crippen MR) is 136 cm³/mol. The summed E-state index contributed by atoms with van der Waals surface area (Å²) >= 11 is 12.8. The molecule has 0 saturated carbocycles. The van der Waals surface area contributed by atoms with Crippen molar-refractivity contribution in [2.75, 3.05) is 12.4 Å². The molecule has 2 heterocycles. The summed E-state index contributed by atoms with van der Waals surface area (Å²) in [5, 5.41) is 6.57. The van der Waals surface area contributed by atoms with Gasteiger partial charge in [-0.05, 0) is 66.8 Å². The number of benzene rings is 2. The molecule has 0 aliphatic carbocycles. The molecule has 0 aliphatic rings. The number of ether oxygens (including phenoxy) is 1. The molecule has 0 unspecified atom stereocenters. The van der Waals surface area contributed by atoms with E-state index in [2.05, 4.69) is 15.4 Å². The first kappa shape index (κ1) is 24.2. The SMILES string of the molecule is COc1ccc2c(Cl)c(C(=O)NC(=S)Nc3ccc(S(=O)(=O)NCc4ccco4)cc3)sc2c1. The molecule has 0 aliphatic heterocycles. The van der Waals surface area contributed by atoms with Crippen molar-refractivity contribution in [1.29, 1.82) is 0 Å². The Morgan fingerprint density at radius 3 is 2.62 bits per heavy atom. The van der Waals surface area contributed by atoms with Crippen molar-refractivity contribution in [2.24, 2.45) is 0 Å². The summed E-state index contributed by atoms with van der Waals surface area (Å²) in [6.07, 6.45) is 1.47. The molecule has 4 rings (SSSR count). The Hall–Kier alpha value is -2.96. The van der Waals surface area contributed by atoms with Gasteiger partial charge in [-0.25, -0.2) is 13.1 Å². The van der Waals surface area contributed by atoms with Gasteiger partial charge < -0.3 is 14.5 Å². The van der Waals surface area contributed by atoms with Crippen LogP contribution < -0.4 is 20.1 Å². The number of hydrogen-bond acceptors (Lipinski definition) is 7. The summed E-state index contributed by atoms with van der Waals surface area (Å²) in [5.41, 5.74) is 0.502. The summed E-state index contributed by atoms with van der Waals surface area (Å²) in [7, 11) is -2.16. The van der Waals surface area contributed by atoms with Gasteiger partial charge in [0, 0.05) is 15.8 Å². The molecule has 0 radical (unpaired) electrons. The highest BCUT2D eigenvalue weighted by Crippen LogP contribution is 2.37. The highest BCUT2D eigenvalue weighted by atomic mass is 35.5. The maximum atomic E-state index is 12.7. The quantitative estimate of drug-likeness (QED) is 0.293. The molecule has 176 valence electrons. The van der Waals surface area contributed by atoms with Crippen LogP contribution >= 0.6 is 35.2 Å². The molecule has 1 amide bonds. The van der Waals surface area contributed by atoms with Gasteiger partial charge in [-0.2, -0.15) is 0 Å². The molecule has 12 heteroatoms. The van der Waals surface area contributed by atoms with Gasteiger partial charge in [0.1, 0.15) is 16.4 Å². The summed E-state index contributed by atoms with van der Waals surface area (Å²) < 4.78 is 38.5. The van der Waals surface area contributed by atoms with E-state index in [4.69, 9.17) is 33.0 Å². The Bertz CT molecular complexity index is 1450. The molecular weight excluding hydrogens is 518 g/mol. The lowest BCUT2D eigenvalue weighted by Crippen LogP contribution is -2.33. The molecule has 0 spiro atoms. The molecule has 0 fully saturated rings. The minimum Gasteiger partial charge on any atom is -0.497 e. The van der Waals surface area contributed by atoms with Crippen molar-refractivity contribution >= 4 is 72.0 Å². The number of amides is 1. The van der Waals surface area contributed by atoms with E-state index < -0.39 is 15.9 Å². The van der Waals surface area contributed by atoms with Crippen LogP contribution in [0.3, 0.4) is 0 Å². The zero-order valence-electron chi connectivity index (χ0n) is 17.6. The Balaban J connectivity index is 1.39. The number of carbonyl (C=O) groups is 1. The highest BCUT2D eigenvalue weighted by molar-refractivity contribution is 7.89. The van der Waals surface area contributed by atoms with E-state index in [0.717, 1.165) is 10.1 Å². The van der Waals surface area contributed by atoms with Gasteiger partial charge >= 0.3 is 0 Å². The van der Waals surface area contributed by atoms with Crippen LogP contribution in [0.25, 0.3) is 10.1 Å². The fourth-order valence-corrected chi connectivity index (χ4v) is 5.67. The van der Waals surface area contributed by atoms with Crippen LogP contribution in [0.1, 0.15) is 15.4 Å². The molecule has 34 heavy (non-hydrogen) atoms. The number of halogens is 1. The Labute approximate surface area is 209 Å². The van der Waals surface area contributed by atoms with Gasteiger partial charge in [0.25, 0.3) is 5.91 Å². The predicted octanol–water partition coefficient (Wildman–Crippen LogP) is 4.76. The molecule has 0 saturated heterocycles. The van der Waals surface area contributed by atoms with E-state index in [1.165, 1.54) is 29.7 Å².